The summed E-state index contributed by atoms with van der Waals surface area (Å²) in [5.41, 5.74) is 5.38. The van der Waals surface area contributed by atoms with E-state index in [1.807, 2.05) is 12.1 Å². The lowest BCUT2D eigenvalue weighted by atomic mass is 9.90. The molecule has 0 fully saturated rings. The fourth-order valence-corrected chi connectivity index (χ4v) is 2.41. The van der Waals surface area contributed by atoms with E-state index < -0.39 is 0 Å². The van der Waals surface area contributed by atoms with Crippen LogP contribution in [0.5, 0.6) is 0 Å². The quantitative estimate of drug-likeness (QED) is 0.595. The second-order valence-corrected chi connectivity index (χ2v) is 5.07. The van der Waals surface area contributed by atoms with Crippen molar-refractivity contribution in [2.75, 3.05) is 0 Å². The minimum Gasteiger partial charge on any atom is -0.271 e. The van der Waals surface area contributed by atoms with E-state index in [0.717, 1.165) is 11.4 Å². The zero-order valence-electron chi connectivity index (χ0n) is 11.0. The molecule has 1 aromatic carbocycles. The Morgan fingerprint density at radius 3 is 2.47 bits per heavy atom. The van der Waals surface area contributed by atoms with Gasteiger partial charge in [0.2, 0.25) is 0 Å². The maximum atomic E-state index is 6.05. The Morgan fingerprint density at radius 1 is 1.29 bits per heavy atom. The molecular formula is C14H23ClN2. The maximum Gasteiger partial charge on any atom is 0.0465 e. The fraction of sp³-hybridized carbons (Fsp3) is 0.571. The molecular weight excluding hydrogens is 232 g/mol. The summed E-state index contributed by atoms with van der Waals surface area (Å²) in [5.74, 6) is 6.39. The SMILES string of the molecule is CCC(CC)CC(NN)c1cc(Cl)ccc1C. The molecule has 1 atom stereocenters. The van der Waals surface area contributed by atoms with Gasteiger partial charge in [-0.3, -0.25) is 11.3 Å². The first-order chi connectivity index (χ1) is 8.12. The highest BCUT2D eigenvalue weighted by molar-refractivity contribution is 6.30. The Kier molecular flexibility index (Phi) is 5.96. The molecule has 0 aromatic heterocycles. The molecule has 1 unspecified atom stereocenters. The van der Waals surface area contributed by atoms with Crippen molar-refractivity contribution in [2.45, 2.75) is 46.1 Å². The molecule has 1 aromatic rings. The third-order valence-electron chi connectivity index (χ3n) is 3.54. The van der Waals surface area contributed by atoms with E-state index in [9.17, 15) is 0 Å². The summed E-state index contributed by atoms with van der Waals surface area (Å²) in [6.07, 6.45) is 3.44. The fourth-order valence-electron chi connectivity index (χ4n) is 2.23. The summed E-state index contributed by atoms with van der Waals surface area (Å²) in [7, 11) is 0. The normalized spacial score (nSPS) is 13.1. The van der Waals surface area contributed by atoms with Crippen molar-refractivity contribution in [3.05, 3.63) is 34.3 Å². The topological polar surface area (TPSA) is 38.0 Å². The first-order valence-corrected chi connectivity index (χ1v) is 6.72. The van der Waals surface area contributed by atoms with Gasteiger partial charge in [0.25, 0.3) is 0 Å². The van der Waals surface area contributed by atoms with Crippen molar-refractivity contribution in [1.29, 1.82) is 0 Å². The Hall–Kier alpha value is -0.570. The summed E-state index contributed by atoms with van der Waals surface area (Å²) in [5, 5.41) is 0.774. The van der Waals surface area contributed by atoms with E-state index in [1.165, 1.54) is 24.0 Å². The van der Waals surface area contributed by atoms with Gasteiger partial charge in [-0.1, -0.05) is 44.4 Å². The zero-order chi connectivity index (χ0) is 12.8. The smallest absolute Gasteiger partial charge is 0.0465 e. The number of rotatable bonds is 6. The zero-order valence-corrected chi connectivity index (χ0v) is 11.7. The molecule has 0 aliphatic carbocycles. The molecule has 3 N–H and O–H groups in total. The summed E-state index contributed by atoms with van der Waals surface area (Å²) in [4.78, 5) is 0. The lowest BCUT2D eigenvalue weighted by Gasteiger charge is -2.23. The second kappa shape index (κ2) is 7.00. The van der Waals surface area contributed by atoms with Crippen LogP contribution in [0.25, 0.3) is 0 Å². The van der Waals surface area contributed by atoms with E-state index in [1.54, 1.807) is 0 Å². The van der Waals surface area contributed by atoms with Crippen LogP contribution in [-0.4, -0.2) is 0 Å². The van der Waals surface area contributed by atoms with Crippen molar-refractivity contribution in [2.24, 2.45) is 11.8 Å². The Balaban J connectivity index is 2.89. The van der Waals surface area contributed by atoms with Crippen LogP contribution in [-0.2, 0) is 0 Å². The van der Waals surface area contributed by atoms with Gasteiger partial charge < -0.3 is 0 Å². The molecule has 0 saturated heterocycles. The minimum atomic E-state index is 0.193. The highest BCUT2D eigenvalue weighted by Gasteiger charge is 2.16. The summed E-state index contributed by atoms with van der Waals surface area (Å²) < 4.78 is 0. The van der Waals surface area contributed by atoms with Gasteiger partial charge in [0.1, 0.15) is 0 Å². The number of nitrogens with two attached hydrogens (primary N) is 1. The molecule has 0 amide bonds. The lowest BCUT2D eigenvalue weighted by molar-refractivity contribution is 0.374. The van der Waals surface area contributed by atoms with E-state index >= 15 is 0 Å². The third-order valence-corrected chi connectivity index (χ3v) is 3.78. The number of halogens is 1. The van der Waals surface area contributed by atoms with Crippen LogP contribution in [0.1, 0.15) is 50.3 Å². The molecule has 96 valence electrons. The summed E-state index contributed by atoms with van der Waals surface area (Å²) >= 11 is 6.05. The molecule has 2 nitrogen and oxygen atoms in total. The van der Waals surface area contributed by atoms with Gasteiger partial charge >= 0.3 is 0 Å². The van der Waals surface area contributed by atoms with Crippen LogP contribution in [0.15, 0.2) is 18.2 Å². The Labute approximate surface area is 110 Å². The highest BCUT2D eigenvalue weighted by Crippen LogP contribution is 2.28. The molecule has 3 heteroatoms. The van der Waals surface area contributed by atoms with Crippen LogP contribution >= 0.6 is 11.6 Å². The van der Waals surface area contributed by atoms with Gasteiger partial charge in [0, 0.05) is 11.1 Å². The van der Waals surface area contributed by atoms with Crippen molar-refractivity contribution in [3.63, 3.8) is 0 Å². The van der Waals surface area contributed by atoms with E-state index in [4.69, 9.17) is 17.4 Å². The number of hydrazine groups is 1. The lowest BCUT2D eigenvalue weighted by Crippen LogP contribution is -2.30. The van der Waals surface area contributed by atoms with Gasteiger partial charge in [0.15, 0.2) is 0 Å². The van der Waals surface area contributed by atoms with Gasteiger partial charge in [-0.2, -0.15) is 0 Å². The summed E-state index contributed by atoms with van der Waals surface area (Å²) in [6.45, 7) is 6.56. The molecule has 0 aliphatic heterocycles. The van der Waals surface area contributed by atoms with Gasteiger partial charge in [-0.05, 0) is 42.5 Å². The van der Waals surface area contributed by atoms with Crippen molar-refractivity contribution in [1.82, 2.24) is 5.43 Å². The molecule has 0 spiro atoms. The van der Waals surface area contributed by atoms with Crippen molar-refractivity contribution >= 4 is 11.6 Å². The number of aryl methyl sites for hydroxylation is 1. The number of benzene rings is 1. The van der Waals surface area contributed by atoms with Crippen LogP contribution in [0.4, 0.5) is 0 Å². The number of hydrogen-bond donors (Lipinski definition) is 2. The third kappa shape index (κ3) is 3.98. The largest absolute Gasteiger partial charge is 0.271 e. The first-order valence-electron chi connectivity index (χ1n) is 6.34. The van der Waals surface area contributed by atoms with Gasteiger partial charge in [-0.25, -0.2) is 0 Å². The molecule has 0 saturated carbocycles. The predicted octanol–water partition coefficient (Wildman–Crippen LogP) is 3.98. The van der Waals surface area contributed by atoms with E-state index in [0.29, 0.717) is 5.92 Å². The molecule has 0 radical (unpaired) electrons. The standard InChI is InChI=1S/C14H23ClN2/c1-4-11(5-2)8-14(17-16)13-9-12(15)7-6-10(13)3/h6-7,9,11,14,17H,4-5,8,16H2,1-3H3. The second-order valence-electron chi connectivity index (χ2n) is 4.64. The van der Waals surface area contributed by atoms with Gasteiger partial charge in [-0.15, -0.1) is 0 Å². The minimum absolute atomic E-state index is 0.193. The van der Waals surface area contributed by atoms with Crippen LogP contribution in [0.2, 0.25) is 5.02 Å². The van der Waals surface area contributed by atoms with Gasteiger partial charge in [0.05, 0.1) is 0 Å². The molecule has 1 rings (SSSR count). The van der Waals surface area contributed by atoms with Crippen molar-refractivity contribution in [3.8, 4) is 0 Å². The Morgan fingerprint density at radius 2 is 1.94 bits per heavy atom. The van der Waals surface area contributed by atoms with E-state index in [2.05, 4.69) is 32.3 Å². The van der Waals surface area contributed by atoms with Crippen LogP contribution in [0.3, 0.4) is 0 Å². The first kappa shape index (κ1) is 14.5. The highest BCUT2D eigenvalue weighted by atomic mass is 35.5. The predicted molar refractivity (Wildman–Crippen MR) is 74.9 cm³/mol. The molecule has 0 heterocycles. The van der Waals surface area contributed by atoms with Crippen LogP contribution in [0, 0.1) is 12.8 Å². The Bertz CT molecular complexity index is 348. The molecule has 0 bridgehead atoms. The molecule has 0 aliphatic rings. The maximum absolute atomic E-state index is 6.05. The average molecular weight is 255 g/mol. The number of hydrogen-bond acceptors (Lipinski definition) is 2. The monoisotopic (exact) mass is 254 g/mol. The molecule has 17 heavy (non-hydrogen) atoms. The number of nitrogens with one attached hydrogen (secondary N) is 1. The summed E-state index contributed by atoms with van der Waals surface area (Å²) in [6, 6.07) is 6.18. The van der Waals surface area contributed by atoms with Crippen LogP contribution < -0.4 is 11.3 Å². The van der Waals surface area contributed by atoms with E-state index in [-0.39, 0.29) is 6.04 Å². The average Bonchev–Trinajstić information content (AvgIpc) is 2.34. The van der Waals surface area contributed by atoms with Crippen molar-refractivity contribution < 1.29 is 0 Å².